The molecule has 22 heavy (non-hydrogen) atoms. The van der Waals surface area contributed by atoms with E-state index in [9.17, 15) is 4.79 Å². The maximum absolute atomic E-state index is 12.4. The van der Waals surface area contributed by atoms with Gasteiger partial charge in [0.2, 0.25) is 5.91 Å². The first kappa shape index (κ1) is 14.8. The number of benzene rings is 1. The molecule has 0 spiro atoms. The lowest BCUT2D eigenvalue weighted by Gasteiger charge is -2.23. The van der Waals surface area contributed by atoms with Crippen molar-refractivity contribution in [3.8, 4) is 0 Å². The number of H-pyrrole nitrogens is 1. The molecule has 2 aromatic rings. The number of hydrogen-bond acceptors (Lipinski definition) is 3. The maximum Gasteiger partial charge on any atom is 0.237 e. The Labute approximate surface area is 130 Å². The van der Waals surface area contributed by atoms with E-state index < -0.39 is 0 Å². The van der Waals surface area contributed by atoms with Crippen LogP contribution in [0.1, 0.15) is 24.2 Å². The van der Waals surface area contributed by atoms with Crippen molar-refractivity contribution in [2.24, 2.45) is 0 Å². The highest BCUT2D eigenvalue weighted by Gasteiger charge is 2.30. The quantitative estimate of drug-likeness (QED) is 0.854. The van der Waals surface area contributed by atoms with Crippen molar-refractivity contribution in [2.75, 3.05) is 13.1 Å². The molecule has 0 radical (unpaired) electrons. The Kier molecular flexibility index (Phi) is 4.85. The largest absolute Gasteiger partial charge is 0.354 e. The van der Waals surface area contributed by atoms with E-state index in [0.29, 0.717) is 6.54 Å². The van der Waals surface area contributed by atoms with E-state index in [0.717, 1.165) is 38.2 Å². The molecule has 1 fully saturated rings. The molecule has 1 unspecified atom stereocenters. The van der Waals surface area contributed by atoms with Gasteiger partial charge in [0, 0.05) is 31.9 Å². The van der Waals surface area contributed by atoms with Crippen molar-refractivity contribution in [1.82, 2.24) is 20.2 Å². The van der Waals surface area contributed by atoms with Gasteiger partial charge in [0.25, 0.3) is 0 Å². The van der Waals surface area contributed by atoms with Gasteiger partial charge in [-0.05, 0) is 24.9 Å². The minimum absolute atomic E-state index is 0.00296. The van der Waals surface area contributed by atoms with Crippen molar-refractivity contribution < 1.29 is 4.79 Å². The normalized spacial score (nSPS) is 18.5. The minimum atomic E-state index is -0.00296. The van der Waals surface area contributed by atoms with E-state index >= 15 is 0 Å². The van der Waals surface area contributed by atoms with E-state index in [1.54, 1.807) is 12.4 Å². The number of nitrogens with zero attached hydrogens (tertiary/aromatic N) is 2. The molecule has 116 valence electrons. The summed E-state index contributed by atoms with van der Waals surface area (Å²) in [6.07, 6.45) is 6.30. The summed E-state index contributed by atoms with van der Waals surface area (Å²) < 4.78 is 0. The number of hydrogen-bond donors (Lipinski definition) is 2. The van der Waals surface area contributed by atoms with Crippen molar-refractivity contribution in [2.45, 2.75) is 31.8 Å². The molecule has 1 aromatic carbocycles. The number of rotatable bonds is 6. The molecule has 5 heteroatoms. The van der Waals surface area contributed by atoms with Gasteiger partial charge in [0.05, 0.1) is 6.04 Å². The molecule has 5 nitrogen and oxygen atoms in total. The second-order valence-corrected chi connectivity index (χ2v) is 5.69. The molecule has 2 N–H and O–H groups in total. The summed E-state index contributed by atoms with van der Waals surface area (Å²) >= 11 is 0. The Morgan fingerprint density at radius 3 is 3.00 bits per heavy atom. The molecule has 1 aromatic heterocycles. The Morgan fingerprint density at radius 2 is 2.23 bits per heavy atom. The lowest BCUT2D eigenvalue weighted by molar-refractivity contribution is -0.125. The van der Waals surface area contributed by atoms with Crippen LogP contribution in [-0.2, 0) is 17.8 Å². The van der Waals surface area contributed by atoms with E-state index in [1.807, 2.05) is 18.2 Å². The fourth-order valence-corrected chi connectivity index (χ4v) is 2.99. The van der Waals surface area contributed by atoms with Crippen LogP contribution in [0.3, 0.4) is 0 Å². The Bertz CT molecular complexity index is 582. The van der Waals surface area contributed by atoms with Crippen LogP contribution in [0.4, 0.5) is 0 Å². The number of likely N-dealkylation sites (tertiary alicyclic amines) is 1. The van der Waals surface area contributed by atoms with Crippen molar-refractivity contribution in [3.05, 3.63) is 54.1 Å². The Hall–Kier alpha value is -2.14. The molecule has 1 amide bonds. The third-order valence-corrected chi connectivity index (χ3v) is 4.11. The summed E-state index contributed by atoms with van der Waals surface area (Å²) in [6.45, 7) is 2.46. The number of nitrogens with one attached hydrogen (secondary N) is 2. The lowest BCUT2D eigenvalue weighted by Crippen LogP contribution is -2.43. The van der Waals surface area contributed by atoms with Crippen molar-refractivity contribution >= 4 is 5.91 Å². The second kappa shape index (κ2) is 7.22. The van der Waals surface area contributed by atoms with E-state index in [-0.39, 0.29) is 11.9 Å². The highest BCUT2D eigenvalue weighted by atomic mass is 16.2. The standard InChI is InChI=1S/C17H22N4O/c22-17(20-9-8-16-18-10-11-19-16)15-7-4-12-21(15)13-14-5-2-1-3-6-14/h1-3,5-6,10-11,15H,4,7-9,12-13H2,(H,18,19)(H,20,22). The predicted molar refractivity (Wildman–Crippen MR) is 85.2 cm³/mol. The molecule has 2 heterocycles. The van der Waals surface area contributed by atoms with Crippen LogP contribution in [-0.4, -0.2) is 39.9 Å². The number of amides is 1. The molecule has 1 aliphatic heterocycles. The summed E-state index contributed by atoms with van der Waals surface area (Å²) in [6, 6.07) is 10.3. The smallest absolute Gasteiger partial charge is 0.237 e. The average molecular weight is 298 g/mol. The first-order valence-electron chi connectivity index (χ1n) is 7.87. The molecule has 0 aliphatic carbocycles. The van der Waals surface area contributed by atoms with Gasteiger partial charge in [-0.15, -0.1) is 0 Å². The van der Waals surface area contributed by atoms with E-state index in [2.05, 4.69) is 32.3 Å². The third kappa shape index (κ3) is 3.74. The van der Waals surface area contributed by atoms with Gasteiger partial charge < -0.3 is 10.3 Å². The molecule has 0 saturated carbocycles. The third-order valence-electron chi connectivity index (χ3n) is 4.11. The fourth-order valence-electron chi connectivity index (χ4n) is 2.99. The molecular formula is C17H22N4O. The fraction of sp³-hybridized carbons (Fsp3) is 0.412. The van der Waals surface area contributed by atoms with E-state index in [4.69, 9.17) is 0 Å². The zero-order valence-corrected chi connectivity index (χ0v) is 12.7. The highest BCUT2D eigenvalue weighted by Crippen LogP contribution is 2.20. The Balaban J connectivity index is 1.50. The van der Waals surface area contributed by atoms with Crippen LogP contribution in [0.5, 0.6) is 0 Å². The van der Waals surface area contributed by atoms with E-state index in [1.165, 1.54) is 5.56 Å². The molecule has 0 bridgehead atoms. The van der Waals surface area contributed by atoms with Gasteiger partial charge in [-0.1, -0.05) is 30.3 Å². The van der Waals surface area contributed by atoms with Gasteiger partial charge >= 0.3 is 0 Å². The number of carbonyl (C=O) groups is 1. The molecule has 1 atom stereocenters. The first-order valence-corrected chi connectivity index (χ1v) is 7.87. The van der Waals surface area contributed by atoms with Crippen LogP contribution in [0.2, 0.25) is 0 Å². The van der Waals surface area contributed by atoms with Crippen LogP contribution in [0.15, 0.2) is 42.7 Å². The van der Waals surface area contributed by atoms with Crippen LogP contribution >= 0.6 is 0 Å². The molecule has 1 saturated heterocycles. The average Bonchev–Trinajstić information content (AvgIpc) is 3.20. The van der Waals surface area contributed by atoms with Crippen molar-refractivity contribution in [1.29, 1.82) is 0 Å². The number of aromatic amines is 1. The van der Waals surface area contributed by atoms with Crippen molar-refractivity contribution in [3.63, 3.8) is 0 Å². The summed E-state index contributed by atoms with van der Waals surface area (Å²) in [7, 11) is 0. The number of carbonyl (C=O) groups excluding carboxylic acids is 1. The van der Waals surface area contributed by atoms with Crippen LogP contribution in [0.25, 0.3) is 0 Å². The second-order valence-electron chi connectivity index (χ2n) is 5.69. The number of imidazole rings is 1. The molecule has 1 aliphatic rings. The van der Waals surface area contributed by atoms with Gasteiger partial charge in [0.1, 0.15) is 5.82 Å². The zero-order chi connectivity index (χ0) is 15.2. The van der Waals surface area contributed by atoms with Gasteiger partial charge in [-0.3, -0.25) is 9.69 Å². The van der Waals surface area contributed by atoms with Gasteiger partial charge in [-0.25, -0.2) is 4.98 Å². The topological polar surface area (TPSA) is 61.0 Å². The maximum atomic E-state index is 12.4. The highest BCUT2D eigenvalue weighted by molar-refractivity contribution is 5.82. The minimum Gasteiger partial charge on any atom is -0.354 e. The lowest BCUT2D eigenvalue weighted by atomic mass is 10.1. The summed E-state index contributed by atoms with van der Waals surface area (Å²) in [5.74, 6) is 1.05. The van der Waals surface area contributed by atoms with Crippen LogP contribution in [0, 0.1) is 0 Å². The first-order chi connectivity index (χ1) is 10.8. The predicted octanol–water partition coefficient (Wildman–Crippen LogP) is 1.73. The van der Waals surface area contributed by atoms with Crippen LogP contribution < -0.4 is 5.32 Å². The summed E-state index contributed by atoms with van der Waals surface area (Å²) in [5.41, 5.74) is 1.26. The molecule has 3 rings (SSSR count). The Morgan fingerprint density at radius 1 is 1.36 bits per heavy atom. The zero-order valence-electron chi connectivity index (χ0n) is 12.7. The monoisotopic (exact) mass is 298 g/mol. The summed E-state index contributed by atoms with van der Waals surface area (Å²) in [4.78, 5) is 21.9. The summed E-state index contributed by atoms with van der Waals surface area (Å²) in [5, 5.41) is 3.04. The van der Waals surface area contributed by atoms with Gasteiger partial charge in [0.15, 0.2) is 0 Å². The SMILES string of the molecule is O=C(NCCc1ncc[nH]1)C1CCCN1Cc1ccccc1. The van der Waals surface area contributed by atoms with Gasteiger partial charge in [-0.2, -0.15) is 0 Å². The number of aromatic nitrogens is 2. The molecular weight excluding hydrogens is 276 g/mol.